The number of nitrogens with zero attached hydrogens (tertiary/aromatic N) is 2. The van der Waals surface area contributed by atoms with Gasteiger partial charge in [0, 0.05) is 24.3 Å². The van der Waals surface area contributed by atoms with E-state index < -0.39 is 0 Å². The molecule has 2 heterocycles. The Hall–Kier alpha value is -1.31. The van der Waals surface area contributed by atoms with E-state index in [9.17, 15) is 0 Å². The van der Waals surface area contributed by atoms with Crippen LogP contribution in [0.4, 0.5) is 0 Å². The van der Waals surface area contributed by atoms with Crippen LogP contribution in [0.1, 0.15) is 42.1 Å². The molecule has 0 aliphatic heterocycles. The highest BCUT2D eigenvalue weighted by atomic mass is 15.0. The Labute approximate surface area is 97.3 Å². The van der Waals surface area contributed by atoms with Crippen LogP contribution >= 0.6 is 0 Å². The first-order valence-electron chi connectivity index (χ1n) is 5.86. The Morgan fingerprint density at radius 2 is 1.75 bits per heavy atom. The highest BCUT2D eigenvalue weighted by molar-refractivity contribution is 5.86. The minimum Gasteiger partial charge on any atom is -0.333 e. The standard InChI is InChI=1S/C14H20N2/c1-8(2)12-7-15-14-13(10(12)4)9(3)11(5)16(14)6/h7-8H,1-6H3. The molecule has 2 rings (SSSR count). The van der Waals surface area contributed by atoms with Crippen LogP contribution in [0.25, 0.3) is 11.0 Å². The summed E-state index contributed by atoms with van der Waals surface area (Å²) in [6.07, 6.45) is 2.03. The van der Waals surface area contributed by atoms with E-state index in [1.165, 1.54) is 27.8 Å². The molecule has 0 atom stereocenters. The molecule has 0 saturated heterocycles. The van der Waals surface area contributed by atoms with Crippen molar-refractivity contribution in [3.05, 3.63) is 28.6 Å². The van der Waals surface area contributed by atoms with Gasteiger partial charge in [0.25, 0.3) is 0 Å². The monoisotopic (exact) mass is 216 g/mol. The summed E-state index contributed by atoms with van der Waals surface area (Å²) < 4.78 is 2.18. The van der Waals surface area contributed by atoms with Crippen LogP contribution in [0.5, 0.6) is 0 Å². The summed E-state index contributed by atoms with van der Waals surface area (Å²) in [5.74, 6) is 0.539. The summed E-state index contributed by atoms with van der Waals surface area (Å²) in [5, 5.41) is 1.34. The summed E-state index contributed by atoms with van der Waals surface area (Å²) in [6.45, 7) is 11.0. The number of fused-ring (bicyclic) bond motifs is 1. The molecular formula is C14H20N2. The zero-order valence-electron chi connectivity index (χ0n) is 11.0. The predicted molar refractivity (Wildman–Crippen MR) is 69.0 cm³/mol. The molecule has 0 amide bonds. The zero-order valence-corrected chi connectivity index (χ0v) is 11.0. The molecule has 16 heavy (non-hydrogen) atoms. The number of hydrogen-bond acceptors (Lipinski definition) is 1. The summed E-state index contributed by atoms with van der Waals surface area (Å²) in [5.41, 5.74) is 6.54. The van der Waals surface area contributed by atoms with Crippen LogP contribution in [0.3, 0.4) is 0 Å². The predicted octanol–water partition coefficient (Wildman–Crippen LogP) is 3.62. The van der Waals surface area contributed by atoms with Crippen molar-refractivity contribution < 1.29 is 0 Å². The summed E-state index contributed by atoms with van der Waals surface area (Å²) in [6, 6.07) is 0. The van der Waals surface area contributed by atoms with Crippen molar-refractivity contribution in [1.29, 1.82) is 0 Å². The molecule has 2 aromatic rings. The van der Waals surface area contributed by atoms with Gasteiger partial charge in [-0.05, 0) is 43.4 Å². The molecule has 0 radical (unpaired) electrons. The van der Waals surface area contributed by atoms with E-state index in [1.807, 2.05) is 6.20 Å². The first-order valence-corrected chi connectivity index (χ1v) is 5.86. The van der Waals surface area contributed by atoms with Crippen LogP contribution in [-0.2, 0) is 7.05 Å². The van der Waals surface area contributed by atoms with Crippen LogP contribution in [0, 0.1) is 20.8 Å². The van der Waals surface area contributed by atoms with Gasteiger partial charge in [0.2, 0.25) is 0 Å². The van der Waals surface area contributed by atoms with Gasteiger partial charge in [0.15, 0.2) is 0 Å². The fourth-order valence-electron chi connectivity index (χ4n) is 2.48. The minimum atomic E-state index is 0.539. The van der Waals surface area contributed by atoms with Crippen molar-refractivity contribution in [2.45, 2.75) is 40.5 Å². The fourth-order valence-corrected chi connectivity index (χ4v) is 2.48. The van der Waals surface area contributed by atoms with Crippen LogP contribution in [0.15, 0.2) is 6.20 Å². The Bertz CT molecular complexity index is 548. The van der Waals surface area contributed by atoms with Crippen molar-refractivity contribution in [2.24, 2.45) is 7.05 Å². The van der Waals surface area contributed by atoms with Gasteiger partial charge in [0.1, 0.15) is 5.65 Å². The van der Waals surface area contributed by atoms with Gasteiger partial charge in [-0.1, -0.05) is 13.8 Å². The minimum absolute atomic E-state index is 0.539. The Morgan fingerprint density at radius 1 is 1.12 bits per heavy atom. The largest absolute Gasteiger partial charge is 0.333 e. The van der Waals surface area contributed by atoms with E-state index in [0.717, 1.165) is 5.65 Å². The third-order valence-electron chi connectivity index (χ3n) is 3.72. The van der Waals surface area contributed by atoms with Crippen LogP contribution in [0.2, 0.25) is 0 Å². The lowest BCUT2D eigenvalue weighted by Gasteiger charge is -2.10. The molecule has 0 spiro atoms. The molecular weight excluding hydrogens is 196 g/mol. The molecule has 0 bridgehead atoms. The fraction of sp³-hybridized carbons (Fsp3) is 0.500. The van der Waals surface area contributed by atoms with Crippen molar-refractivity contribution in [2.75, 3.05) is 0 Å². The number of aromatic nitrogens is 2. The molecule has 0 unspecified atom stereocenters. The number of pyridine rings is 1. The van der Waals surface area contributed by atoms with Crippen molar-refractivity contribution in [3.8, 4) is 0 Å². The molecule has 2 aromatic heterocycles. The van der Waals surface area contributed by atoms with E-state index in [0.29, 0.717) is 5.92 Å². The third kappa shape index (κ3) is 1.36. The Kier molecular flexibility index (Phi) is 2.53. The lowest BCUT2D eigenvalue weighted by Crippen LogP contribution is -1.97. The average Bonchev–Trinajstić information content (AvgIpc) is 2.44. The van der Waals surface area contributed by atoms with E-state index in [4.69, 9.17) is 0 Å². The second kappa shape index (κ2) is 3.62. The molecule has 0 aliphatic carbocycles. The summed E-state index contributed by atoms with van der Waals surface area (Å²) >= 11 is 0. The van der Waals surface area contributed by atoms with Crippen molar-refractivity contribution in [1.82, 2.24) is 9.55 Å². The quantitative estimate of drug-likeness (QED) is 0.712. The van der Waals surface area contributed by atoms with Gasteiger partial charge >= 0.3 is 0 Å². The molecule has 0 N–H and O–H groups in total. The molecule has 0 saturated carbocycles. The van der Waals surface area contributed by atoms with Crippen molar-refractivity contribution >= 4 is 11.0 Å². The zero-order chi connectivity index (χ0) is 12.0. The van der Waals surface area contributed by atoms with Gasteiger partial charge in [-0.3, -0.25) is 0 Å². The lowest BCUT2D eigenvalue weighted by atomic mass is 9.97. The lowest BCUT2D eigenvalue weighted by molar-refractivity contribution is 0.847. The van der Waals surface area contributed by atoms with Gasteiger partial charge in [-0.2, -0.15) is 0 Å². The highest BCUT2D eigenvalue weighted by Gasteiger charge is 2.15. The Morgan fingerprint density at radius 3 is 2.31 bits per heavy atom. The second-order valence-corrected chi connectivity index (χ2v) is 4.96. The maximum Gasteiger partial charge on any atom is 0.140 e. The summed E-state index contributed by atoms with van der Waals surface area (Å²) in [4.78, 5) is 4.61. The summed E-state index contributed by atoms with van der Waals surface area (Å²) in [7, 11) is 2.09. The second-order valence-electron chi connectivity index (χ2n) is 4.96. The van der Waals surface area contributed by atoms with Gasteiger partial charge < -0.3 is 4.57 Å². The van der Waals surface area contributed by atoms with E-state index in [2.05, 4.69) is 51.2 Å². The van der Waals surface area contributed by atoms with E-state index >= 15 is 0 Å². The normalized spacial score (nSPS) is 11.7. The Balaban J connectivity index is 2.89. The molecule has 0 aromatic carbocycles. The third-order valence-corrected chi connectivity index (χ3v) is 3.72. The maximum atomic E-state index is 4.61. The van der Waals surface area contributed by atoms with Crippen molar-refractivity contribution in [3.63, 3.8) is 0 Å². The molecule has 0 aliphatic rings. The number of rotatable bonds is 1. The number of aryl methyl sites for hydroxylation is 3. The maximum absolute atomic E-state index is 4.61. The highest BCUT2D eigenvalue weighted by Crippen LogP contribution is 2.30. The topological polar surface area (TPSA) is 17.8 Å². The average molecular weight is 216 g/mol. The van der Waals surface area contributed by atoms with Gasteiger partial charge in [-0.15, -0.1) is 0 Å². The van der Waals surface area contributed by atoms with Gasteiger partial charge in [-0.25, -0.2) is 4.98 Å². The van der Waals surface area contributed by atoms with E-state index in [-0.39, 0.29) is 0 Å². The molecule has 2 nitrogen and oxygen atoms in total. The first kappa shape index (κ1) is 11.2. The smallest absolute Gasteiger partial charge is 0.140 e. The molecule has 0 fully saturated rings. The van der Waals surface area contributed by atoms with Crippen LogP contribution < -0.4 is 0 Å². The SMILES string of the molecule is Cc1c(C(C)C)cnc2c1c(C)c(C)n2C. The van der Waals surface area contributed by atoms with Gasteiger partial charge in [0.05, 0.1) is 0 Å². The van der Waals surface area contributed by atoms with Crippen LogP contribution in [-0.4, -0.2) is 9.55 Å². The van der Waals surface area contributed by atoms with E-state index in [1.54, 1.807) is 0 Å². The molecule has 86 valence electrons. The molecule has 2 heteroatoms. The first-order chi connectivity index (χ1) is 7.45. The number of hydrogen-bond donors (Lipinski definition) is 0.